The van der Waals surface area contributed by atoms with Crippen LogP contribution in [0.3, 0.4) is 0 Å². The second-order valence-corrected chi connectivity index (χ2v) is 10.2. The first kappa shape index (κ1) is 20.3. The lowest BCUT2D eigenvalue weighted by Crippen LogP contribution is -2.35. The SMILES string of the molecule is O=S(C/C=C/c1cc(S(=O)(=O)N2CCCCC2)ccc1Cl)c1ccccc1. The first-order valence-corrected chi connectivity index (χ1v) is 12.0. The van der Waals surface area contributed by atoms with Crippen molar-refractivity contribution in [3.8, 4) is 0 Å². The Bertz CT molecular complexity index is 937. The van der Waals surface area contributed by atoms with Gasteiger partial charge in [0.15, 0.2) is 0 Å². The van der Waals surface area contributed by atoms with Crippen molar-refractivity contribution in [2.24, 2.45) is 0 Å². The number of rotatable bonds is 6. The summed E-state index contributed by atoms with van der Waals surface area (Å²) in [6.07, 6.45) is 6.36. The summed E-state index contributed by atoms with van der Waals surface area (Å²) in [6.45, 7) is 1.12. The fourth-order valence-corrected chi connectivity index (χ4v) is 5.65. The Morgan fingerprint density at radius 3 is 2.44 bits per heavy atom. The number of halogens is 1. The molecule has 0 N–H and O–H groups in total. The molecule has 0 bridgehead atoms. The van der Waals surface area contributed by atoms with E-state index < -0.39 is 20.8 Å². The van der Waals surface area contributed by atoms with Gasteiger partial charge in [0.1, 0.15) is 0 Å². The maximum absolute atomic E-state index is 12.8. The zero-order valence-corrected chi connectivity index (χ0v) is 17.3. The summed E-state index contributed by atoms with van der Waals surface area (Å²) in [5.41, 5.74) is 0.611. The van der Waals surface area contributed by atoms with Crippen LogP contribution < -0.4 is 0 Å². The molecular formula is C20H22ClNO3S2. The summed E-state index contributed by atoms with van der Waals surface area (Å²) in [6, 6.07) is 14.0. The highest BCUT2D eigenvalue weighted by atomic mass is 35.5. The predicted octanol–water partition coefficient (Wildman–Crippen LogP) is 4.34. The van der Waals surface area contributed by atoms with Crippen LogP contribution in [0.15, 0.2) is 64.4 Å². The lowest BCUT2D eigenvalue weighted by Gasteiger charge is -2.26. The van der Waals surface area contributed by atoms with Crippen molar-refractivity contribution in [1.29, 1.82) is 0 Å². The maximum atomic E-state index is 12.8. The van der Waals surface area contributed by atoms with Crippen LogP contribution in [0.4, 0.5) is 0 Å². The largest absolute Gasteiger partial charge is 0.254 e. The van der Waals surface area contributed by atoms with E-state index in [0.29, 0.717) is 29.4 Å². The molecule has 2 aromatic carbocycles. The number of hydrogen-bond donors (Lipinski definition) is 0. The van der Waals surface area contributed by atoms with Crippen molar-refractivity contribution < 1.29 is 12.6 Å². The van der Waals surface area contributed by atoms with Gasteiger partial charge in [0.05, 0.1) is 15.7 Å². The Morgan fingerprint density at radius 1 is 1.04 bits per heavy atom. The number of piperidine rings is 1. The molecule has 1 fully saturated rings. The van der Waals surface area contributed by atoms with Crippen molar-refractivity contribution in [2.45, 2.75) is 29.1 Å². The van der Waals surface area contributed by atoms with Gasteiger partial charge in [0.2, 0.25) is 10.0 Å². The smallest absolute Gasteiger partial charge is 0.243 e. The zero-order valence-electron chi connectivity index (χ0n) is 14.9. The molecule has 7 heteroatoms. The molecule has 1 atom stereocenters. The van der Waals surface area contributed by atoms with Gasteiger partial charge >= 0.3 is 0 Å². The van der Waals surface area contributed by atoms with Crippen LogP contribution in [-0.2, 0) is 20.8 Å². The van der Waals surface area contributed by atoms with E-state index in [1.807, 2.05) is 30.3 Å². The van der Waals surface area contributed by atoms with Crippen LogP contribution in [0.2, 0.25) is 5.02 Å². The van der Waals surface area contributed by atoms with Crippen LogP contribution >= 0.6 is 11.6 Å². The molecule has 0 saturated carbocycles. The molecule has 1 saturated heterocycles. The van der Waals surface area contributed by atoms with Crippen molar-refractivity contribution in [3.05, 3.63) is 65.2 Å². The molecule has 0 aromatic heterocycles. The second kappa shape index (κ2) is 9.15. The normalized spacial score (nSPS) is 17.2. The fourth-order valence-electron chi connectivity index (χ4n) is 3.00. The Kier molecular flexibility index (Phi) is 6.87. The minimum atomic E-state index is -3.50. The minimum absolute atomic E-state index is 0.248. The van der Waals surface area contributed by atoms with Gasteiger partial charge in [-0.2, -0.15) is 4.31 Å². The molecule has 0 aliphatic carbocycles. The molecule has 1 aliphatic heterocycles. The molecule has 4 nitrogen and oxygen atoms in total. The van der Waals surface area contributed by atoms with E-state index >= 15 is 0 Å². The highest BCUT2D eigenvalue weighted by Gasteiger charge is 2.26. The summed E-state index contributed by atoms with van der Waals surface area (Å²) in [5.74, 6) is 0.337. The molecule has 1 unspecified atom stereocenters. The van der Waals surface area contributed by atoms with Gasteiger partial charge in [-0.25, -0.2) is 8.42 Å². The van der Waals surface area contributed by atoms with E-state index in [1.165, 1.54) is 4.31 Å². The van der Waals surface area contributed by atoms with E-state index in [9.17, 15) is 12.6 Å². The van der Waals surface area contributed by atoms with Crippen LogP contribution in [0.25, 0.3) is 6.08 Å². The van der Waals surface area contributed by atoms with E-state index in [0.717, 1.165) is 24.2 Å². The lowest BCUT2D eigenvalue weighted by molar-refractivity contribution is 0.346. The number of nitrogens with zero attached hydrogens (tertiary/aromatic N) is 1. The third kappa shape index (κ3) is 5.08. The van der Waals surface area contributed by atoms with Crippen molar-refractivity contribution in [3.63, 3.8) is 0 Å². The van der Waals surface area contributed by atoms with Crippen LogP contribution in [0.1, 0.15) is 24.8 Å². The number of sulfonamides is 1. The van der Waals surface area contributed by atoms with Gasteiger partial charge in [-0.15, -0.1) is 0 Å². The molecule has 0 spiro atoms. The van der Waals surface area contributed by atoms with Crippen molar-refractivity contribution in [2.75, 3.05) is 18.8 Å². The van der Waals surface area contributed by atoms with Gasteiger partial charge in [-0.1, -0.05) is 48.4 Å². The second-order valence-electron chi connectivity index (χ2n) is 6.38. The van der Waals surface area contributed by atoms with Crippen molar-refractivity contribution >= 4 is 38.5 Å². The summed E-state index contributed by atoms with van der Waals surface area (Å²) in [4.78, 5) is 1.01. The Labute approximate surface area is 168 Å². The zero-order chi connectivity index (χ0) is 19.3. The molecule has 1 heterocycles. The molecular weight excluding hydrogens is 402 g/mol. The quantitative estimate of drug-likeness (QED) is 0.694. The topological polar surface area (TPSA) is 54.5 Å². The van der Waals surface area contributed by atoms with E-state index in [2.05, 4.69) is 0 Å². The standard InChI is InChI=1S/C20H22ClNO3S2/c21-20-12-11-19(27(24,25)22-13-5-2-6-14-22)16-17(20)8-7-15-26(23)18-9-3-1-4-10-18/h1,3-4,7-12,16H,2,5-6,13-15H2/b8-7+. The van der Waals surface area contributed by atoms with E-state index in [1.54, 1.807) is 30.4 Å². The van der Waals surface area contributed by atoms with Gasteiger partial charge in [-0.3, -0.25) is 4.21 Å². The van der Waals surface area contributed by atoms with E-state index in [-0.39, 0.29) is 4.90 Å². The van der Waals surface area contributed by atoms with Crippen molar-refractivity contribution in [1.82, 2.24) is 4.31 Å². The maximum Gasteiger partial charge on any atom is 0.243 e. The Hall–Kier alpha value is -1.47. The molecule has 1 aliphatic rings. The van der Waals surface area contributed by atoms with Gasteiger partial charge in [-0.05, 0) is 48.7 Å². The fraction of sp³-hybridized carbons (Fsp3) is 0.300. The van der Waals surface area contributed by atoms with Gasteiger partial charge in [0, 0.05) is 28.8 Å². The first-order chi connectivity index (χ1) is 13.0. The van der Waals surface area contributed by atoms with Crippen LogP contribution in [-0.4, -0.2) is 35.8 Å². The third-order valence-corrected chi connectivity index (χ3v) is 8.00. The summed E-state index contributed by atoms with van der Waals surface area (Å²) in [5, 5.41) is 0.467. The van der Waals surface area contributed by atoms with Gasteiger partial charge in [0.25, 0.3) is 0 Å². The molecule has 2 aromatic rings. The van der Waals surface area contributed by atoms with Gasteiger partial charge < -0.3 is 0 Å². The lowest BCUT2D eigenvalue weighted by atomic mass is 10.2. The molecule has 27 heavy (non-hydrogen) atoms. The Morgan fingerprint density at radius 2 is 1.74 bits per heavy atom. The average Bonchev–Trinajstić information content (AvgIpc) is 2.70. The molecule has 0 amide bonds. The number of hydrogen-bond acceptors (Lipinski definition) is 3. The van der Waals surface area contributed by atoms with Crippen LogP contribution in [0, 0.1) is 0 Å². The molecule has 3 rings (SSSR count). The predicted molar refractivity (Wildman–Crippen MR) is 111 cm³/mol. The first-order valence-electron chi connectivity index (χ1n) is 8.88. The monoisotopic (exact) mass is 423 g/mol. The molecule has 0 radical (unpaired) electrons. The van der Waals surface area contributed by atoms with E-state index in [4.69, 9.17) is 11.6 Å². The third-order valence-electron chi connectivity index (χ3n) is 4.47. The summed E-state index contributed by atoms with van der Waals surface area (Å²) < 4.78 is 39.5. The highest BCUT2D eigenvalue weighted by Crippen LogP contribution is 2.26. The number of benzene rings is 2. The average molecular weight is 424 g/mol. The summed E-state index contributed by atoms with van der Waals surface area (Å²) in [7, 11) is -4.65. The minimum Gasteiger partial charge on any atom is -0.254 e. The van der Waals surface area contributed by atoms with Crippen LogP contribution in [0.5, 0.6) is 0 Å². The Balaban J connectivity index is 1.76. The molecule has 144 valence electrons. The summed E-state index contributed by atoms with van der Waals surface area (Å²) >= 11 is 6.23. The highest BCUT2D eigenvalue weighted by molar-refractivity contribution is 7.89.